The fraction of sp³-hybridized carbons (Fsp3) is 0.632. The van der Waals surface area contributed by atoms with Gasteiger partial charge in [0.05, 0.1) is 6.10 Å². The molecule has 4 heteroatoms. The first-order valence-electron chi connectivity index (χ1n) is 8.55. The van der Waals surface area contributed by atoms with Crippen LogP contribution in [0.4, 0.5) is 5.69 Å². The minimum Gasteiger partial charge on any atom is -0.491 e. The van der Waals surface area contributed by atoms with Gasteiger partial charge in [0.1, 0.15) is 11.4 Å². The minimum absolute atomic E-state index is 0.0928. The van der Waals surface area contributed by atoms with E-state index in [9.17, 15) is 4.79 Å². The van der Waals surface area contributed by atoms with E-state index in [1.165, 1.54) is 0 Å². The van der Waals surface area contributed by atoms with Crippen molar-refractivity contribution in [1.29, 1.82) is 0 Å². The molecule has 0 radical (unpaired) electrons. The summed E-state index contributed by atoms with van der Waals surface area (Å²) in [6.07, 6.45) is 2.62. The van der Waals surface area contributed by atoms with Crippen molar-refractivity contribution < 1.29 is 14.3 Å². The first-order chi connectivity index (χ1) is 10.8. The Labute approximate surface area is 140 Å². The van der Waals surface area contributed by atoms with Gasteiger partial charge in [-0.15, -0.1) is 0 Å². The van der Waals surface area contributed by atoms with Gasteiger partial charge in [0, 0.05) is 12.3 Å². The monoisotopic (exact) mass is 321 g/mol. The highest BCUT2D eigenvalue weighted by Gasteiger charge is 2.33. The van der Waals surface area contributed by atoms with Crippen LogP contribution in [0.15, 0.2) is 18.2 Å². The molecule has 0 bridgehead atoms. The molecule has 0 aliphatic carbocycles. The molecule has 130 valence electrons. The lowest BCUT2D eigenvalue weighted by molar-refractivity contribution is -0.140. The van der Waals surface area contributed by atoms with Crippen molar-refractivity contribution in [3.8, 4) is 5.75 Å². The van der Waals surface area contributed by atoms with Crippen LogP contribution >= 0.6 is 0 Å². The molecule has 1 aromatic carbocycles. The average molecular weight is 321 g/mol. The van der Waals surface area contributed by atoms with Crippen LogP contribution in [0.25, 0.3) is 0 Å². The van der Waals surface area contributed by atoms with Gasteiger partial charge < -0.3 is 14.8 Å². The predicted octanol–water partition coefficient (Wildman–Crippen LogP) is 4.71. The number of ether oxygens (including phenoxy) is 2. The molecule has 0 aliphatic rings. The smallest absolute Gasteiger partial charge is 0.256 e. The number of carbonyl (C=O) groups is 1. The van der Waals surface area contributed by atoms with Gasteiger partial charge in [-0.3, -0.25) is 4.79 Å². The fourth-order valence-electron chi connectivity index (χ4n) is 2.43. The summed E-state index contributed by atoms with van der Waals surface area (Å²) in [4.78, 5) is 12.6. The molecule has 0 spiro atoms. The zero-order chi connectivity index (χ0) is 17.5. The zero-order valence-corrected chi connectivity index (χ0v) is 15.4. The molecule has 0 saturated carbocycles. The Hall–Kier alpha value is -1.55. The van der Waals surface area contributed by atoms with E-state index in [0.717, 1.165) is 29.8 Å². The molecule has 1 amide bonds. The van der Waals surface area contributed by atoms with Crippen molar-refractivity contribution in [1.82, 2.24) is 0 Å². The van der Waals surface area contributed by atoms with E-state index in [4.69, 9.17) is 9.47 Å². The van der Waals surface area contributed by atoms with E-state index in [-0.39, 0.29) is 12.0 Å². The summed E-state index contributed by atoms with van der Waals surface area (Å²) in [6, 6.07) is 5.70. The number of hydrogen-bond acceptors (Lipinski definition) is 3. The highest BCUT2D eigenvalue weighted by atomic mass is 16.5. The number of carbonyl (C=O) groups excluding carboxylic acids is 1. The van der Waals surface area contributed by atoms with E-state index >= 15 is 0 Å². The van der Waals surface area contributed by atoms with Gasteiger partial charge in [0.2, 0.25) is 0 Å². The van der Waals surface area contributed by atoms with Gasteiger partial charge in [-0.05, 0) is 64.3 Å². The molecule has 1 N–H and O–H groups in total. The molecular weight excluding hydrogens is 290 g/mol. The third-order valence-corrected chi connectivity index (χ3v) is 3.63. The molecule has 4 nitrogen and oxygen atoms in total. The van der Waals surface area contributed by atoms with E-state index in [2.05, 4.69) is 12.2 Å². The lowest BCUT2D eigenvalue weighted by atomic mass is 9.98. The van der Waals surface area contributed by atoms with Crippen LogP contribution in [-0.2, 0) is 9.53 Å². The summed E-state index contributed by atoms with van der Waals surface area (Å²) in [5, 5.41) is 2.98. The molecule has 0 heterocycles. The third kappa shape index (κ3) is 5.87. The number of aryl methyl sites for hydroxylation is 1. The number of benzene rings is 1. The lowest BCUT2D eigenvalue weighted by Crippen LogP contribution is -2.43. The topological polar surface area (TPSA) is 47.6 Å². The number of nitrogens with one attached hydrogen (secondary N) is 1. The molecule has 0 aromatic heterocycles. The molecule has 23 heavy (non-hydrogen) atoms. The molecule has 1 aromatic rings. The van der Waals surface area contributed by atoms with Crippen LogP contribution < -0.4 is 10.1 Å². The van der Waals surface area contributed by atoms with Gasteiger partial charge in [-0.1, -0.05) is 20.3 Å². The van der Waals surface area contributed by atoms with Crippen LogP contribution in [0.2, 0.25) is 0 Å². The molecule has 1 unspecified atom stereocenters. The maximum Gasteiger partial charge on any atom is 0.256 e. The van der Waals surface area contributed by atoms with Gasteiger partial charge in [-0.2, -0.15) is 0 Å². The summed E-state index contributed by atoms with van der Waals surface area (Å²) in [7, 11) is 0. The van der Waals surface area contributed by atoms with Crippen molar-refractivity contribution in [3.05, 3.63) is 23.8 Å². The molecule has 0 saturated heterocycles. The summed E-state index contributed by atoms with van der Waals surface area (Å²) < 4.78 is 11.5. The SMILES string of the molecule is CCCOC(C)(CCC)C(=O)Nc1ccc(OC(C)C)c(C)c1. The first-order valence-corrected chi connectivity index (χ1v) is 8.55. The Morgan fingerprint density at radius 3 is 2.48 bits per heavy atom. The summed E-state index contributed by atoms with van der Waals surface area (Å²) in [6.45, 7) is 12.5. The van der Waals surface area contributed by atoms with Crippen LogP contribution in [0.5, 0.6) is 5.75 Å². The van der Waals surface area contributed by atoms with Gasteiger partial charge in [0.25, 0.3) is 5.91 Å². The second-order valence-electron chi connectivity index (χ2n) is 6.43. The van der Waals surface area contributed by atoms with Crippen molar-refractivity contribution in [3.63, 3.8) is 0 Å². The number of amides is 1. The van der Waals surface area contributed by atoms with Crippen LogP contribution in [0.1, 0.15) is 59.4 Å². The van der Waals surface area contributed by atoms with Gasteiger partial charge in [0.15, 0.2) is 0 Å². The Morgan fingerprint density at radius 1 is 1.26 bits per heavy atom. The third-order valence-electron chi connectivity index (χ3n) is 3.63. The van der Waals surface area contributed by atoms with Crippen molar-refractivity contribution in [2.24, 2.45) is 0 Å². The van der Waals surface area contributed by atoms with E-state index in [1.54, 1.807) is 0 Å². The Morgan fingerprint density at radius 2 is 1.96 bits per heavy atom. The van der Waals surface area contributed by atoms with E-state index in [1.807, 2.05) is 52.8 Å². The summed E-state index contributed by atoms with van der Waals surface area (Å²) >= 11 is 0. The zero-order valence-electron chi connectivity index (χ0n) is 15.4. The summed E-state index contributed by atoms with van der Waals surface area (Å²) in [5.74, 6) is 0.751. The number of anilines is 1. The molecule has 0 aliphatic heterocycles. The average Bonchev–Trinajstić information content (AvgIpc) is 2.48. The number of rotatable bonds is 9. The standard InChI is InChI=1S/C19H31NO3/c1-7-11-19(6,22-12-8-2)18(21)20-16-9-10-17(15(5)13-16)23-14(3)4/h9-10,13-14H,7-8,11-12H2,1-6H3,(H,20,21). The maximum absolute atomic E-state index is 12.6. The maximum atomic E-state index is 12.6. The molecule has 1 rings (SSSR count). The van der Waals surface area contributed by atoms with Gasteiger partial charge in [-0.25, -0.2) is 0 Å². The Kier molecular flexibility index (Phi) is 7.56. The van der Waals surface area contributed by atoms with E-state index in [0.29, 0.717) is 13.0 Å². The lowest BCUT2D eigenvalue weighted by Gasteiger charge is -2.28. The molecule has 1 atom stereocenters. The fourth-order valence-corrected chi connectivity index (χ4v) is 2.43. The molecular formula is C19H31NO3. The first kappa shape index (κ1) is 19.5. The summed E-state index contributed by atoms with van der Waals surface area (Å²) in [5.41, 5.74) is 0.986. The van der Waals surface area contributed by atoms with E-state index < -0.39 is 5.60 Å². The van der Waals surface area contributed by atoms with Crippen molar-refractivity contribution >= 4 is 11.6 Å². The van der Waals surface area contributed by atoms with Crippen molar-refractivity contribution in [2.75, 3.05) is 11.9 Å². The highest BCUT2D eigenvalue weighted by Crippen LogP contribution is 2.25. The minimum atomic E-state index is -0.786. The van der Waals surface area contributed by atoms with Crippen LogP contribution in [-0.4, -0.2) is 24.2 Å². The van der Waals surface area contributed by atoms with Gasteiger partial charge >= 0.3 is 0 Å². The van der Waals surface area contributed by atoms with Crippen LogP contribution in [0.3, 0.4) is 0 Å². The second-order valence-corrected chi connectivity index (χ2v) is 6.43. The van der Waals surface area contributed by atoms with Crippen LogP contribution in [0, 0.1) is 6.92 Å². The molecule has 0 fully saturated rings. The Bertz CT molecular complexity index is 513. The number of hydrogen-bond donors (Lipinski definition) is 1. The Balaban J connectivity index is 2.84. The van der Waals surface area contributed by atoms with Crippen molar-refractivity contribution in [2.45, 2.75) is 72.5 Å². The quantitative estimate of drug-likeness (QED) is 0.717. The highest BCUT2D eigenvalue weighted by molar-refractivity contribution is 5.97. The predicted molar refractivity (Wildman–Crippen MR) is 95.1 cm³/mol. The normalized spacial score (nSPS) is 13.7. The second kappa shape index (κ2) is 8.92. The largest absolute Gasteiger partial charge is 0.491 e.